The number of Topliss-reactive ketones (excluding diaryl/α,β-unsaturated/α-hetero) is 1. The summed E-state index contributed by atoms with van der Waals surface area (Å²) >= 11 is 5.72. The number of hydrogen-bond acceptors (Lipinski definition) is 1. The zero-order valence-corrected chi connectivity index (χ0v) is 8.07. The van der Waals surface area contributed by atoms with E-state index in [0.717, 1.165) is 0 Å². The number of ketones is 1. The van der Waals surface area contributed by atoms with Crippen LogP contribution >= 0.6 is 11.6 Å². The van der Waals surface area contributed by atoms with E-state index in [-0.39, 0.29) is 12.2 Å². The van der Waals surface area contributed by atoms with E-state index in [1.54, 1.807) is 18.2 Å². The number of benzene rings is 1. The normalized spacial score (nSPS) is 10.1. The van der Waals surface area contributed by atoms with Gasteiger partial charge in [0.05, 0.1) is 0 Å². The first kappa shape index (κ1) is 10.2. The Kier molecular flexibility index (Phi) is 3.43. The predicted octanol–water partition coefficient (Wildman–Crippen LogP) is 2.94. The van der Waals surface area contributed by atoms with Gasteiger partial charge in [0.15, 0.2) is 0 Å². The highest BCUT2D eigenvalue weighted by Gasteiger charge is 2.05. The zero-order valence-electron chi connectivity index (χ0n) is 7.31. The number of carbonyl (C=O) groups is 1. The number of carbonyl (C=O) groups excluding carboxylic acids is 1. The highest BCUT2D eigenvalue weighted by Crippen LogP contribution is 2.17. The van der Waals surface area contributed by atoms with E-state index in [2.05, 4.69) is 0 Å². The van der Waals surface area contributed by atoms with Crippen LogP contribution in [0.1, 0.15) is 18.1 Å². The zero-order chi connectivity index (χ0) is 9.84. The molecule has 0 fully saturated rings. The summed E-state index contributed by atoms with van der Waals surface area (Å²) in [7, 11) is 0. The van der Waals surface area contributed by atoms with Crippen molar-refractivity contribution in [3.8, 4) is 0 Å². The van der Waals surface area contributed by atoms with Gasteiger partial charge in [-0.15, -0.1) is 0 Å². The predicted molar refractivity (Wildman–Crippen MR) is 50.6 cm³/mol. The van der Waals surface area contributed by atoms with Crippen LogP contribution in [0, 0.1) is 0 Å². The van der Waals surface area contributed by atoms with Crippen molar-refractivity contribution in [1.29, 1.82) is 0 Å². The van der Waals surface area contributed by atoms with Crippen LogP contribution in [0.4, 0.5) is 4.39 Å². The molecular formula is C10H10ClFO. The molecule has 0 spiro atoms. The van der Waals surface area contributed by atoms with Gasteiger partial charge in [-0.1, -0.05) is 17.7 Å². The minimum Gasteiger partial charge on any atom is -0.300 e. The summed E-state index contributed by atoms with van der Waals surface area (Å²) in [5.74, 6) is 0.0111. The Hall–Kier alpha value is -0.890. The molecule has 0 heterocycles. The Bertz CT molecular complexity index is 323. The summed E-state index contributed by atoms with van der Waals surface area (Å²) in [4.78, 5) is 10.8. The van der Waals surface area contributed by atoms with Crippen molar-refractivity contribution in [2.75, 3.05) is 0 Å². The molecule has 1 aromatic rings. The van der Waals surface area contributed by atoms with Gasteiger partial charge in [-0.25, -0.2) is 4.39 Å². The summed E-state index contributed by atoms with van der Waals surface area (Å²) in [6, 6.07) is 4.87. The number of alkyl halides is 1. The van der Waals surface area contributed by atoms with Gasteiger partial charge in [0.1, 0.15) is 12.5 Å². The molecule has 0 radical (unpaired) electrons. The number of halogens is 2. The summed E-state index contributed by atoms with van der Waals surface area (Å²) in [6.07, 6.45) is 0.250. The Labute approximate surface area is 81.5 Å². The fourth-order valence-electron chi connectivity index (χ4n) is 1.16. The van der Waals surface area contributed by atoms with Crippen LogP contribution in [0.25, 0.3) is 0 Å². The summed E-state index contributed by atoms with van der Waals surface area (Å²) in [6.45, 7) is 0.919. The lowest BCUT2D eigenvalue weighted by molar-refractivity contribution is -0.116. The summed E-state index contributed by atoms with van der Waals surface area (Å²) in [5, 5.41) is 0.536. The second kappa shape index (κ2) is 4.38. The highest BCUT2D eigenvalue weighted by atomic mass is 35.5. The molecule has 0 aromatic heterocycles. The standard InChI is InChI=1S/C10H10ClFO/c1-7(13)4-9-5-10(11)3-2-8(9)6-12/h2-3,5H,4,6H2,1H3. The average molecular weight is 201 g/mol. The average Bonchev–Trinajstić information content (AvgIpc) is 2.03. The van der Waals surface area contributed by atoms with E-state index in [9.17, 15) is 9.18 Å². The maximum Gasteiger partial charge on any atom is 0.134 e. The van der Waals surface area contributed by atoms with E-state index in [4.69, 9.17) is 11.6 Å². The molecule has 0 aliphatic rings. The van der Waals surface area contributed by atoms with Crippen LogP contribution < -0.4 is 0 Å². The van der Waals surface area contributed by atoms with Gasteiger partial charge in [0, 0.05) is 11.4 Å². The van der Waals surface area contributed by atoms with Gasteiger partial charge in [-0.2, -0.15) is 0 Å². The number of rotatable bonds is 3. The van der Waals surface area contributed by atoms with Gasteiger partial charge >= 0.3 is 0 Å². The Morgan fingerprint density at radius 1 is 1.46 bits per heavy atom. The smallest absolute Gasteiger partial charge is 0.134 e. The van der Waals surface area contributed by atoms with Gasteiger partial charge < -0.3 is 0 Å². The third-order valence-electron chi connectivity index (χ3n) is 1.75. The molecule has 1 rings (SSSR count). The van der Waals surface area contributed by atoms with Crippen molar-refractivity contribution in [1.82, 2.24) is 0 Å². The molecule has 0 N–H and O–H groups in total. The van der Waals surface area contributed by atoms with Crippen LogP contribution in [-0.2, 0) is 17.9 Å². The third-order valence-corrected chi connectivity index (χ3v) is 1.99. The monoisotopic (exact) mass is 200 g/mol. The van der Waals surface area contributed by atoms with Crippen LogP contribution in [0.15, 0.2) is 18.2 Å². The lowest BCUT2D eigenvalue weighted by Gasteiger charge is -2.04. The Morgan fingerprint density at radius 2 is 2.15 bits per heavy atom. The molecular weight excluding hydrogens is 191 g/mol. The lowest BCUT2D eigenvalue weighted by atomic mass is 10.0. The fraction of sp³-hybridized carbons (Fsp3) is 0.300. The van der Waals surface area contributed by atoms with E-state index in [1.165, 1.54) is 6.92 Å². The van der Waals surface area contributed by atoms with Crippen molar-refractivity contribution in [3.63, 3.8) is 0 Å². The molecule has 70 valence electrons. The second-order valence-electron chi connectivity index (χ2n) is 2.93. The molecule has 1 nitrogen and oxygen atoms in total. The molecule has 0 saturated heterocycles. The molecule has 0 atom stereocenters. The second-order valence-corrected chi connectivity index (χ2v) is 3.36. The lowest BCUT2D eigenvalue weighted by Crippen LogP contribution is -1.99. The molecule has 13 heavy (non-hydrogen) atoms. The van der Waals surface area contributed by atoms with Crippen LogP contribution in [-0.4, -0.2) is 5.78 Å². The van der Waals surface area contributed by atoms with E-state index in [0.29, 0.717) is 16.1 Å². The quantitative estimate of drug-likeness (QED) is 0.733. The summed E-state index contributed by atoms with van der Waals surface area (Å²) in [5.41, 5.74) is 1.22. The van der Waals surface area contributed by atoms with Crippen LogP contribution in [0.3, 0.4) is 0 Å². The summed E-state index contributed by atoms with van der Waals surface area (Å²) < 4.78 is 12.4. The van der Waals surface area contributed by atoms with Crippen molar-refractivity contribution >= 4 is 17.4 Å². The largest absolute Gasteiger partial charge is 0.300 e. The van der Waals surface area contributed by atoms with Gasteiger partial charge in [0.2, 0.25) is 0 Å². The van der Waals surface area contributed by atoms with Crippen LogP contribution in [0.5, 0.6) is 0 Å². The SMILES string of the molecule is CC(=O)Cc1cc(Cl)ccc1CF. The van der Waals surface area contributed by atoms with E-state index in [1.807, 2.05) is 0 Å². The minimum atomic E-state index is -0.556. The van der Waals surface area contributed by atoms with Gasteiger partial charge in [-0.3, -0.25) is 4.79 Å². The Balaban J connectivity index is 3.01. The molecule has 0 amide bonds. The first-order valence-corrected chi connectivity index (χ1v) is 4.34. The van der Waals surface area contributed by atoms with E-state index >= 15 is 0 Å². The highest BCUT2D eigenvalue weighted by molar-refractivity contribution is 6.30. The van der Waals surface area contributed by atoms with Crippen molar-refractivity contribution < 1.29 is 9.18 Å². The first-order valence-electron chi connectivity index (χ1n) is 3.96. The maximum atomic E-state index is 12.4. The van der Waals surface area contributed by atoms with E-state index < -0.39 is 6.67 Å². The van der Waals surface area contributed by atoms with Gasteiger partial charge in [0.25, 0.3) is 0 Å². The molecule has 0 unspecified atom stereocenters. The number of hydrogen-bond donors (Lipinski definition) is 0. The molecule has 0 saturated carbocycles. The molecule has 0 bridgehead atoms. The molecule has 3 heteroatoms. The van der Waals surface area contributed by atoms with Crippen LogP contribution in [0.2, 0.25) is 5.02 Å². The van der Waals surface area contributed by atoms with Crippen molar-refractivity contribution in [3.05, 3.63) is 34.3 Å². The fourth-order valence-corrected chi connectivity index (χ4v) is 1.35. The molecule has 0 aliphatic carbocycles. The van der Waals surface area contributed by atoms with Gasteiger partial charge in [-0.05, 0) is 30.2 Å². The third kappa shape index (κ3) is 2.81. The van der Waals surface area contributed by atoms with Crippen molar-refractivity contribution in [2.45, 2.75) is 20.0 Å². The topological polar surface area (TPSA) is 17.1 Å². The molecule has 1 aromatic carbocycles. The molecule has 0 aliphatic heterocycles. The maximum absolute atomic E-state index is 12.4. The first-order chi connectivity index (χ1) is 6.13. The Morgan fingerprint density at radius 3 is 2.69 bits per heavy atom. The minimum absolute atomic E-state index is 0.0111. The van der Waals surface area contributed by atoms with Crippen molar-refractivity contribution in [2.24, 2.45) is 0 Å².